The molecule has 0 heterocycles. The van der Waals surface area contributed by atoms with Gasteiger partial charge in [0.15, 0.2) is 0 Å². The summed E-state index contributed by atoms with van der Waals surface area (Å²) in [4.78, 5) is 0. The van der Waals surface area contributed by atoms with E-state index in [0.717, 1.165) is 18.5 Å². The number of hydrogen-bond acceptors (Lipinski definition) is 2. The molecule has 100 valence electrons. The molecule has 1 fully saturated rings. The number of hydrogen-bond donors (Lipinski definition) is 2. The van der Waals surface area contributed by atoms with Crippen LogP contribution in [0.4, 0.5) is 5.69 Å². The van der Waals surface area contributed by atoms with Crippen molar-refractivity contribution < 1.29 is 5.11 Å². The largest absolute Gasteiger partial charge is 0.394 e. The lowest BCUT2D eigenvalue weighted by atomic mass is 9.72. The van der Waals surface area contributed by atoms with Crippen molar-refractivity contribution in [3.8, 4) is 0 Å². The molecule has 0 amide bonds. The Morgan fingerprint density at radius 1 is 1.28 bits per heavy atom. The zero-order chi connectivity index (χ0) is 13.2. The molecule has 2 atom stereocenters. The minimum atomic E-state index is -0.134. The van der Waals surface area contributed by atoms with Crippen molar-refractivity contribution in [2.24, 2.45) is 11.8 Å². The molecular weight excluding hydrogens is 222 g/mol. The average molecular weight is 247 g/mol. The van der Waals surface area contributed by atoms with Crippen LogP contribution >= 0.6 is 0 Å². The first-order valence-electron chi connectivity index (χ1n) is 6.99. The lowest BCUT2D eigenvalue weighted by Gasteiger charge is -2.43. The van der Waals surface area contributed by atoms with Crippen molar-refractivity contribution in [1.82, 2.24) is 0 Å². The quantitative estimate of drug-likeness (QED) is 0.855. The van der Waals surface area contributed by atoms with Crippen LogP contribution < -0.4 is 5.32 Å². The van der Waals surface area contributed by atoms with E-state index in [4.69, 9.17) is 0 Å². The monoisotopic (exact) mass is 247 g/mol. The van der Waals surface area contributed by atoms with E-state index >= 15 is 0 Å². The van der Waals surface area contributed by atoms with Crippen molar-refractivity contribution in [3.63, 3.8) is 0 Å². The van der Waals surface area contributed by atoms with E-state index in [2.05, 4.69) is 50.4 Å². The molecular formula is C16H25NO. The van der Waals surface area contributed by atoms with E-state index in [-0.39, 0.29) is 12.1 Å². The third-order valence-corrected chi connectivity index (χ3v) is 4.01. The van der Waals surface area contributed by atoms with Gasteiger partial charge in [0.1, 0.15) is 0 Å². The highest BCUT2D eigenvalue weighted by Crippen LogP contribution is 2.38. The average Bonchev–Trinajstić information content (AvgIpc) is 2.27. The predicted molar refractivity (Wildman–Crippen MR) is 76.8 cm³/mol. The zero-order valence-corrected chi connectivity index (χ0v) is 11.7. The third kappa shape index (κ3) is 3.05. The highest BCUT2D eigenvalue weighted by atomic mass is 16.3. The fourth-order valence-corrected chi connectivity index (χ4v) is 3.57. The fraction of sp³-hybridized carbons (Fsp3) is 0.625. The summed E-state index contributed by atoms with van der Waals surface area (Å²) in [5.41, 5.74) is 2.25. The van der Waals surface area contributed by atoms with Gasteiger partial charge in [-0.15, -0.1) is 0 Å². The molecule has 18 heavy (non-hydrogen) atoms. The number of aliphatic hydroxyl groups is 1. The number of nitrogens with one attached hydrogen (secondary N) is 1. The molecule has 1 aliphatic carbocycles. The van der Waals surface area contributed by atoms with Crippen molar-refractivity contribution >= 4 is 5.69 Å². The van der Waals surface area contributed by atoms with Crippen LogP contribution in [0.5, 0.6) is 0 Å². The van der Waals surface area contributed by atoms with Crippen LogP contribution in [0.15, 0.2) is 24.3 Å². The Morgan fingerprint density at radius 3 is 2.50 bits per heavy atom. The lowest BCUT2D eigenvalue weighted by Crippen LogP contribution is -2.48. The van der Waals surface area contributed by atoms with Crippen LogP contribution in [0.3, 0.4) is 0 Å². The van der Waals surface area contributed by atoms with Crippen molar-refractivity contribution in [3.05, 3.63) is 29.8 Å². The van der Waals surface area contributed by atoms with Gasteiger partial charge in [-0.05, 0) is 55.7 Å². The molecule has 0 bridgehead atoms. The van der Waals surface area contributed by atoms with E-state index in [1.54, 1.807) is 0 Å². The van der Waals surface area contributed by atoms with Gasteiger partial charge in [-0.25, -0.2) is 0 Å². The van der Waals surface area contributed by atoms with Crippen LogP contribution in [0.2, 0.25) is 0 Å². The summed E-state index contributed by atoms with van der Waals surface area (Å²) < 4.78 is 0. The molecule has 0 radical (unpaired) electrons. The molecule has 1 saturated carbocycles. The van der Waals surface area contributed by atoms with E-state index in [1.165, 1.54) is 12.0 Å². The van der Waals surface area contributed by atoms with Gasteiger partial charge in [-0.1, -0.05) is 26.0 Å². The summed E-state index contributed by atoms with van der Waals surface area (Å²) in [7, 11) is 0. The molecule has 1 aromatic carbocycles. The maximum atomic E-state index is 9.85. The Balaban J connectivity index is 2.17. The summed E-state index contributed by atoms with van der Waals surface area (Å²) in [6.45, 7) is 6.90. The number of aliphatic hydroxyl groups excluding tert-OH is 1. The van der Waals surface area contributed by atoms with E-state index in [9.17, 15) is 5.11 Å². The zero-order valence-electron chi connectivity index (χ0n) is 11.7. The van der Waals surface area contributed by atoms with Crippen LogP contribution in [0.25, 0.3) is 0 Å². The van der Waals surface area contributed by atoms with Gasteiger partial charge in [0.05, 0.1) is 12.1 Å². The lowest BCUT2D eigenvalue weighted by molar-refractivity contribution is 0.122. The molecule has 2 N–H and O–H groups in total. The summed E-state index contributed by atoms with van der Waals surface area (Å²) in [5, 5.41) is 13.4. The smallest absolute Gasteiger partial charge is 0.0661 e. The van der Waals surface area contributed by atoms with E-state index in [1.807, 2.05) is 0 Å². The minimum Gasteiger partial charge on any atom is -0.394 e. The van der Waals surface area contributed by atoms with Crippen LogP contribution in [-0.2, 0) is 0 Å². The molecule has 1 aromatic rings. The Bertz CT molecular complexity index is 392. The van der Waals surface area contributed by atoms with Gasteiger partial charge < -0.3 is 10.4 Å². The summed E-state index contributed by atoms with van der Waals surface area (Å²) in [6, 6.07) is 8.41. The van der Waals surface area contributed by atoms with Gasteiger partial charge in [0.2, 0.25) is 0 Å². The van der Waals surface area contributed by atoms with Crippen molar-refractivity contribution in [2.75, 3.05) is 11.9 Å². The Morgan fingerprint density at radius 2 is 1.94 bits per heavy atom. The first-order valence-corrected chi connectivity index (χ1v) is 6.99. The molecule has 0 aliphatic heterocycles. The maximum Gasteiger partial charge on any atom is 0.0661 e. The van der Waals surface area contributed by atoms with Crippen LogP contribution in [0.1, 0.15) is 38.7 Å². The number of benzene rings is 1. The molecule has 2 nitrogen and oxygen atoms in total. The first kappa shape index (κ1) is 13.4. The second-order valence-electron chi connectivity index (χ2n) is 6.29. The van der Waals surface area contributed by atoms with E-state index < -0.39 is 0 Å². The van der Waals surface area contributed by atoms with Crippen LogP contribution in [0, 0.1) is 18.8 Å². The molecule has 0 aromatic heterocycles. The molecule has 2 unspecified atom stereocenters. The van der Waals surface area contributed by atoms with Crippen molar-refractivity contribution in [1.29, 1.82) is 0 Å². The highest BCUT2D eigenvalue weighted by molar-refractivity contribution is 5.48. The number of rotatable bonds is 3. The number of anilines is 1. The SMILES string of the molecule is Cc1cccc(NC2(CO)CC(C)CC(C)C2)c1. The Kier molecular flexibility index (Phi) is 3.96. The summed E-state index contributed by atoms with van der Waals surface area (Å²) >= 11 is 0. The van der Waals surface area contributed by atoms with Gasteiger partial charge in [0, 0.05) is 5.69 Å². The second-order valence-corrected chi connectivity index (χ2v) is 6.29. The predicted octanol–water partition coefficient (Wildman–Crippen LogP) is 3.59. The molecule has 1 aliphatic rings. The summed E-state index contributed by atoms with van der Waals surface area (Å²) in [6.07, 6.45) is 3.39. The van der Waals surface area contributed by atoms with Gasteiger partial charge >= 0.3 is 0 Å². The molecule has 2 heteroatoms. The summed E-state index contributed by atoms with van der Waals surface area (Å²) in [5.74, 6) is 1.36. The van der Waals surface area contributed by atoms with Gasteiger partial charge in [0.25, 0.3) is 0 Å². The molecule has 2 rings (SSSR count). The Hall–Kier alpha value is -1.02. The third-order valence-electron chi connectivity index (χ3n) is 4.01. The molecule has 0 spiro atoms. The first-order chi connectivity index (χ1) is 8.53. The van der Waals surface area contributed by atoms with Crippen LogP contribution in [-0.4, -0.2) is 17.3 Å². The van der Waals surface area contributed by atoms with Crippen molar-refractivity contribution in [2.45, 2.75) is 45.6 Å². The highest BCUT2D eigenvalue weighted by Gasteiger charge is 2.37. The number of aryl methyl sites for hydroxylation is 1. The normalized spacial score (nSPS) is 32.2. The second kappa shape index (κ2) is 5.31. The minimum absolute atomic E-state index is 0.134. The van der Waals surface area contributed by atoms with Gasteiger partial charge in [-0.2, -0.15) is 0 Å². The Labute approximate surface area is 110 Å². The maximum absolute atomic E-state index is 9.85. The molecule has 0 saturated heterocycles. The standard InChI is InChI=1S/C16H25NO/c1-12-5-4-6-15(8-12)17-16(11-18)9-13(2)7-14(3)10-16/h4-6,8,13-14,17-18H,7,9-11H2,1-3H3. The van der Waals surface area contributed by atoms with Gasteiger partial charge in [-0.3, -0.25) is 0 Å². The topological polar surface area (TPSA) is 32.3 Å². The fourth-order valence-electron chi connectivity index (χ4n) is 3.57. The van der Waals surface area contributed by atoms with E-state index in [0.29, 0.717) is 11.8 Å².